The minimum atomic E-state index is -0.116. The third-order valence-corrected chi connectivity index (χ3v) is 3.62. The molecular weight excluding hydrogens is 328 g/mol. The lowest BCUT2D eigenvalue weighted by Crippen LogP contribution is -2.27. The van der Waals surface area contributed by atoms with Crippen LogP contribution in [0.5, 0.6) is 5.75 Å². The molecule has 0 saturated carbocycles. The second kappa shape index (κ2) is 9.93. The molecule has 0 fully saturated rings. The molecule has 0 radical (unpaired) electrons. The fourth-order valence-corrected chi connectivity index (χ4v) is 2.24. The third kappa shape index (κ3) is 6.20. The van der Waals surface area contributed by atoms with Crippen LogP contribution in [0.25, 0.3) is 0 Å². The van der Waals surface area contributed by atoms with Crippen LogP contribution in [0.15, 0.2) is 48.5 Å². The number of rotatable bonds is 9. The van der Waals surface area contributed by atoms with Gasteiger partial charge in [-0.25, -0.2) is 0 Å². The molecule has 0 aromatic heterocycles. The molecule has 0 heterocycles. The Labute approximate surface area is 146 Å². The van der Waals surface area contributed by atoms with Crippen LogP contribution in [0, 0.1) is 0 Å². The van der Waals surface area contributed by atoms with Crippen molar-refractivity contribution in [3.63, 3.8) is 0 Å². The van der Waals surface area contributed by atoms with Gasteiger partial charge in [-0.15, -0.1) is 0 Å². The Morgan fingerprint density at radius 3 is 2.54 bits per heavy atom. The van der Waals surface area contributed by atoms with Crippen molar-refractivity contribution in [3.05, 3.63) is 59.1 Å². The van der Waals surface area contributed by atoms with Crippen LogP contribution in [-0.2, 0) is 16.1 Å². The Morgan fingerprint density at radius 2 is 1.83 bits per heavy atom. The maximum Gasteiger partial charge on any atom is 0.238 e. The van der Waals surface area contributed by atoms with Gasteiger partial charge in [0.05, 0.1) is 13.2 Å². The van der Waals surface area contributed by atoms with Gasteiger partial charge in [-0.1, -0.05) is 29.8 Å². The monoisotopic (exact) mass is 348 g/mol. The van der Waals surface area contributed by atoms with Crippen LogP contribution in [0.3, 0.4) is 0 Å². The van der Waals surface area contributed by atoms with E-state index in [1.54, 1.807) is 19.2 Å². The molecule has 128 valence electrons. The lowest BCUT2D eigenvalue weighted by Gasteiger charge is -2.09. The van der Waals surface area contributed by atoms with Crippen molar-refractivity contribution in [2.24, 2.45) is 0 Å². The second-order valence-electron chi connectivity index (χ2n) is 5.11. The number of hydrogen-bond donors (Lipinski definition) is 2. The number of carbonyl (C=O) groups is 1. The zero-order chi connectivity index (χ0) is 17.2. The van der Waals surface area contributed by atoms with E-state index in [0.29, 0.717) is 24.8 Å². The summed E-state index contributed by atoms with van der Waals surface area (Å²) in [6, 6.07) is 14.8. The van der Waals surface area contributed by atoms with E-state index in [2.05, 4.69) is 10.6 Å². The molecule has 0 aliphatic rings. The molecule has 2 rings (SSSR count). The maximum atomic E-state index is 11.9. The molecule has 0 atom stereocenters. The molecule has 2 aromatic rings. The first-order valence-corrected chi connectivity index (χ1v) is 8.02. The summed E-state index contributed by atoms with van der Waals surface area (Å²) in [7, 11) is 1.63. The van der Waals surface area contributed by atoms with E-state index in [-0.39, 0.29) is 12.5 Å². The van der Waals surface area contributed by atoms with Gasteiger partial charge in [-0.05, 0) is 35.9 Å². The average molecular weight is 349 g/mol. The molecule has 0 bridgehead atoms. The Kier molecular flexibility index (Phi) is 7.55. The lowest BCUT2D eigenvalue weighted by molar-refractivity contribution is -0.115. The second-order valence-corrected chi connectivity index (χ2v) is 5.52. The van der Waals surface area contributed by atoms with Crippen molar-refractivity contribution in [1.29, 1.82) is 0 Å². The molecule has 6 heteroatoms. The summed E-state index contributed by atoms with van der Waals surface area (Å²) in [5.41, 5.74) is 1.68. The molecule has 2 N–H and O–H groups in total. The van der Waals surface area contributed by atoms with Crippen molar-refractivity contribution in [1.82, 2.24) is 5.32 Å². The van der Waals surface area contributed by atoms with Gasteiger partial charge in [0.1, 0.15) is 12.4 Å². The van der Waals surface area contributed by atoms with Gasteiger partial charge in [0.25, 0.3) is 0 Å². The summed E-state index contributed by atoms with van der Waals surface area (Å²) >= 11 is 6.07. The number of halogens is 1. The van der Waals surface area contributed by atoms with E-state index in [9.17, 15) is 4.79 Å². The smallest absolute Gasteiger partial charge is 0.238 e. The summed E-state index contributed by atoms with van der Waals surface area (Å²) in [6.07, 6.45) is 0. The van der Waals surface area contributed by atoms with Gasteiger partial charge in [0.15, 0.2) is 0 Å². The molecule has 2 aromatic carbocycles. The SMILES string of the molecule is COCCOc1ccc(NC(=O)CNCc2ccccc2Cl)cc1. The van der Waals surface area contributed by atoms with E-state index >= 15 is 0 Å². The van der Waals surface area contributed by atoms with Crippen molar-refractivity contribution < 1.29 is 14.3 Å². The van der Waals surface area contributed by atoms with E-state index in [0.717, 1.165) is 17.0 Å². The molecule has 0 aliphatic heterocycles. The first kappa shape index (κ1) is 18.3. The first-order chi connectivity index (χ1) is 11.7. The zero-order valence-electron chi connectivity index (χ0n) is 13.5. The highest BCUT2D eigenvalue weighted by atomic mass is 35.5. The molecule has 5 nitrogen and oxygen atoms in total. The zero-order valence-corrected chi connectivity index (χ0v) is 14.3. The Hall–Kier alpha value is -2.08. The predicted octanol–water partition coefficient (Wildman–Crippen LogP) is 3.09. The van der Waals surface area contributed by atoms with Crippen molar-refractivity contribution in [2.75, 3.05) is 32.2 Å². The molecule has 0 saturated heterocycles. The van der Waals surface area contributed by atoms with Crippen LogP contribution in [0.1, 0.15) is 5.56 Å². The molecule has 24 heavy (non-hydrogen) atoms. The van der Waals surface area contributed by atoms with Crippen LogP contribution < -0.4 is 15.4 Å². The van der Waals surface area contributed by atoms with Crippen LogP contribution in [-0.4, -0.2) is 32.8 Å². The predicted molar refractivity (Wildman–Crippen MR) is 95.6 cm³/mol. The van der Waals surface area contributed by atoms with E-state index in [1.165, 1.54) is 0 Å². The van der Waals surface area contributed by atoms with Crippen molar-refractivity contribution >= 4 is 23.2 Å². The number of amides is 1. The number of hydrogen-bond acceptors (Lipinski definition) is 4. The third-order valence-electron chi connectivity index (χ3n) is 3.25. The van der Waals surface area contributed by atoms with Crippen LogP contribution in [0.4, 0.5) is 5.69 Å². The van der Waals surface area contributed by atoms with Crippen molar-refractivity contribution in [3.8, 4) is 5.75 Å². The number of methoxy groups -OCH3 is 1. The van der Waals surface area contributed by atoms with E-state index in [1.807, 2.05) is 36.4 Å². The van der Waals surface area contributed by atoms with Crippen LogP contribution >= 0.6 is 11.6 Å². The Morgan fingerprint density at radius 1 is 1.08 bits per heavy atom. The maximum absolute atomic E-state index is 11.9. The molecule has 0 aliphatic carbocycles. The fourth-order valence-electron chi connectivity index (χ4n) is 2.03. The highest BCUT2D eigenvalue weighted by molar-refractivity contribution is 6.31. The van der Waals surface area contributed by atoms with Gasteiger partial charge in [0.2, 0.25) is 5.91 Å². The van der Waals surface area contributed by atoms with Gasteiger partial charge in [-0.3, -0.25) is 4.79 Å². The summed E-state index contributed by atoms with van der Waals surface area (Å²) < 4.78 is 10.4. The summed E-state index contributed by atoms with van der Waals surface area (Å²) in [5, 5.41) is 6.59. The first-order valence-electron chi connectivity index (χ1n) is 7.65. The standard InChI is InChI=1S/C18H21ClN2O3/c1-23-10-11-24-16-8-6-15(7-9-16)21-18(22)13-20-12-14-4-2-3-5-17(14)19/h2-9,20H,10-13H2,1H3,(H,21,22). The molecular formula is C18H21ClN2O3. The normalized spacial score (nSPS) is 10.4. The average Bonchev–Trinajstić information content (AvgIpc) is 2.58. The Bertz CT molecular complexity index is 647. The summed E-state index contributed by atoms with van der Waals surface area (Å²) in [6.45, 7) is 1.78. The largest absolute Gasteiger partial charge is 0.491 e. The number of ether oxygens (including phenoxy) is 2. The fraction of sp³-hybridized carbons (Fsp3) is 0.278. The molecule has 0 unspecified atom stereocenters. The topological polar surface area (TPSA) is 59.6 Å². The quantitative estimate of drug-likeness (QED) is 0.684. The van der Waals surface area contributed by atoms with Crippen LogP contribution in [0.2, 0.25) is 5.02 Å². The number of carbonyl (C=O) groups excluding carboxylic acids is 1. The van der Waals surface area contributed by atoms with Crippen molar-refractivity contribution in [2.45, 2.75) is 6.54 Å². The Balaban J connectivity index is 1.73. The van der Waals surface area contributed by atoms with Gasteiger partial charge in [-0.2, -0.15) is 0 Å². The molecule has 1 amide bonds. The number of anilines is 1. The summed E-state index contributed by atoms with van der Waals surface area (Å²) in [5.74, 6) is 0.622. The minimum absolute atomic E-state index is 0.116. The lowest BCUT2D eigenvalue weighted by atomic mass is 10.2. The van der Waals surface area contributed by atoms with Gasteiger partial charge < -0.3 is 20.1 Å². The molecule has 0 spiro atoms. The van der Waals surface area contributed by atoms with E-state index in [4.69, 9.17) is 21.1 Å². The highest BCUT2D eigenvalue weighted by Crippen LogP contribution is 2.16. The van der Waals surface area contributed by atoms with E-state index < -0.39 is 0 Å². The number of nitrogens with one attached hydrogen (secondary N) is 2. The van der Waals surface area contributed by atoms with Gasteiger partial charge >= 0.3 is 0 Å². The number of benzene rings is 2. The minimum Gasteiger partial charge on any atom is -0.491 e. The van der Waals surface area contributed by atoms with Gasteiger partial charge in [0, 0.05) is 24.4 Å². The summed E-state index contributed by atoms with van der Waals surface area (Å²) in [4.78, 5) is 11.9. The highest BCUT2D eigenvalue weighted by Gasteiger charge is 2.04.